The molecule has 0 saturated carbocycles. The maximum atomic E-state index is 5.30. The molecular formula is C2H4ClO2S+. The number of hydrogen-bond acceptors (Lipinski definition) is 2. The molecule has 4 heteroatoms. The Balaban J connectivity index is 2.18. The first kappa shape index (κ1) is 4.71. The zero-order chi connectivity index (χ0) is 4.41. The Kier molecular flexibility index (Phi) is 1.59. The lowest BCUT2D eigenvalue weighted by Crippen LogP contribution is -1.84. The van der Waals surface area contributed by atoms with Crippen molar-refractivity contribution in [2.75, 3.05) is 13.2 Å². The van der Waals surface area contributed by atoms with Gasteiger partial charge in [-0.15, -0.1) is 8.37 Å². The Morgan fingerprint density at radius 1 is 1.33 bits per heavy atom. The summed E-state index contributed by atoms with van der Waals surface area (Å²) in [7, 11) is 4.59. The molecule has 1 aliphatic rings. The predicted octanol–water partition coefficient (Wildman–Crippen LogP) is 0.635. The minimum atomic E-state index is -0.701. The average molecular weight is 128 g/mol. The molecular weight excluding hydrogens is 124 g/mol. The predicted molar refractivity (Wildman–Crippen MR) is 25.1 cm³/mol. The van der Waals surface area contributed by atoms with Gasteiger partial charge >= 0.3 is 10.7 Å². The van der Waals surface area contributed by atoms with Crippen LogP contribution in [0.1, 0.15) is 0 Å². The van der Waals surface area contributed by atoms with Gasteiger partial charge in [0.1, 0.15) is 13.2 Å². The van der Waals surface area contributed by atoms with Gasteiger partial charge in [0.15, 0.2) is 0 Å². The molecule has 1 heterocycles. The van der Waals surface area contributed by atoms with Crippen LogP contribution in [0.2, 0.25) is 0 Å². The zero-order valence-corrected chi connectivity index (χ0v) is 4.59. The van der Waals surface area contributed by atoms with Crippen molar-refractivity contribution in [1.29, 1.82) is 0 Å². The van der Waals surface area contributed by atoms with Crippen LogP contribution in [-0.4, -0.2) is 13.2 Å². The van der Waals surface area contributed by atoms with Crippen LogP contribution in [0, 0.1) is 0 Å². The molecule has 1 rings (SSSR count). The molecule has 0 bridgehead atoms. The van der Waals surface area contributed by atoms with Crippen molar-refractivity contribution in [3.05, 3.63) is 0 Å². The smallest absolute Gasteiger partial charge is 0.120 e. The van der Waals surface area contributed by atoms with Crippen molar-refractivity contribution in [2.45, 2.75) is 0 Å². The molecule has 1 fully saturated rings. The fourth-order valence-corrected chi connectivity index (χ4v) is 1.08. The van der Waals surface area contributed by atoms with Crippen LogP contribution in [0.4, 0.5) is 0 Å². The van der Waals surface area contributed by atoms with E-state index >= 15 is 0 Å². The molecule has 0 aromatic carbocycles. The van der Waals surface area contributed by atoms with E-state index in [1.54, 1.807) is 0 Å². The summed E-state index contributed by atoms with van der Waals surface area (Å²) in [6.07, 6.45) is 0. The molecule has 0 atom stereocenters. The highest BCUT2D eigenvalue weighted by Crippen LogP contribution is 2.11. The normalized spacial score (nSPS) is 25.5. The van der Waals surface area contributed by atoms with Crippen molar-refractivity contribution < 1.29 is 8.37 Å². The summed E-state index contributed by atoms with van der Waals surface area (Å²) in [5.41, 5.74) is 0. The Bertz CT molecular complexity index is 44.8. The summed E-state index contributed by atoms with van der Waals surface area (Å²) < 4.78 is 9.45. The fourth-order valence-electron chi connectivity index (χ4n) is 0.233. The molecule has 1 saturated heterocycles. The summed E-state index contributed by atoms with van der Waals surface area (Å²) in [4.78, 5) is 0. The van der Waals surface area contributed by atoms with E-state index < -0.39 is 10.7 Å². The Labute approximate surface area is 43.6 Å². The SMILES string of the molecule is Cl[S+]1OCCO1. The molecule has 0 aromatic heterocycles. The third-order valence-corrected chi connectivity index (χ3v) is 1.67. The minimum Gasteiger partial charge on any atom is -0.120 e. The standard InChI is InChI=1S/C2H4ClO2S/c3-6-4-1-2-5-6/h1-2H2/q+1. The van der Waals surface area contributed by atoms with Gasteiger partial charge in [-0.1, -0.05) is 0 Å². The molecule has 1 aliphatic heterocycles. The lowest BCUT2D eigenvalue weighted by molar-refractivity contribution is 0.365. The molecule has 0 spiro atoms. The Morgan fingerprint density at radius 2 is 1.83 bits per heavy atom. The highest BCUT2D eigenvalue weighted by Gasteiger charge is 2.27. The Morgan fingerprint density at radius 3 is 2.00 bits per heavy atom. The molecule has 0 radical (unpaired) electrons. The lowest BCUT2D eigenvalue weighted by Gasteiger charge is -1.70. The van der Waals surface area contributed by atoms with E-state index in [9.17, 15) is 0 Å². The van der Waals surface area contributed by atoms with E-state index in [1.807, 2.05) is 0 Å². The van der Waals surface area contributed by atoms with Gasteiger partial charge in [0.05, 0.1) is 0 Å². The summed E-state index contributed by atoms with van der Waals surface area (Å²) in [5.74, 6) is 0. The van der Waals surface area contributed by atoms with Crippen LogP contribution >= 0.6 is 10.7 Å². The van der Waals surface area contributed by atoms with Gasteiger partial charge in [0.25, 0.3) is 10.7 Å². The molecule has 0 N–H and O–H groups in total. The van der Waals surface area contributed by atoms with Gasteiger partial charge in [0.2, 0.25) is 0 Å². The van der Waals surface area contributed by atoms with Gasteiger partial charge < -0.3 is 0 Å². The van der Waals surface area contributed by atoms with Crippen molar-refractivity contribution in [1.82, 2.24) is 0 Å². The van der Waals surface area contributed by atoms with Gasteiger partial charge in [0, 0.05) is 0 Å². The summed E-state index contributed by atoms with van der Waals surface area (Å²) in [6.45, 7) is 1.29. The van der Waals surface area contributed by atoms with Crippen molar-refractivity contribution in [2.24, 2.45) is 0 Å². The summed E-state index contributed by atoms with van der Waals surface area (Å²) >= 11 is 0. The lowest BCUT2D eigenvalue weighted by atomic mass is 10.8. The zero-order valence-electron chi connectivity index (χ0n) is 3.02. The quantitative estimate of drug-likeness (QED) is 0.445. The van der Waals surface area contributed by atoms with E-state index in [-0.39, 0.29) is 0 Å². The van der Waals surface area contributed by atoms with Crippen LogP contribution in [0.5, 0.6) is 0 Å². The second-order valence-corrected chi connectivity index (χ2v) is 2.45. The van der Waals surface area contributed by atoms with E-state index in [0.717, 1.165) is 0 Å². The van der Waals surface area contributed by atoms with Crippen LogP contribution in [0.25, 0.3) is 0 Å². The van der Waals surface area contributed by atoms with Gasteiger partial charge in [-0.25, -0.2) is 0 Å². The highest BCUT2D eigenvalue weighted by molar-refractivity contribution is 8.10. The second kappa shape index (κ2) is 2.02. The minimum absolute atomic E-state index is 0.645. The van der Waals surface area contributed by atoms with Crippen LogP contribution in [0.3, 0.4) is 0 Å². The molecule has 0 aliphatic carbocycles. The first-order valence-corrected chi connectivity index (χ1v) is 3.47. The number of halogens is 1. The molecule has 36 valence electrons. The van der Waals surface area contributed by atoms with Gasteiger partial charge in [-0.05, 0) is 0 Å². The van der Waals surface area contributed by atoms with Gasteiger partial charge in [-0.2, -0.15) is 0 Å². The van der Waals surface area contributed by atoms with Gasteiger partial charge in [-0.3, -0.25) is 0 Å². The van der Waals surface area contributed by atoms with Crippen molar-refractivity contribution >= 4 is 21.4 Å². The average Bonchev–Trinajstić information content (AvgIpc) is 1.86. The van der Waals surface area contributed by atoms with E-state index in [2.05, 4.69) is 0 Å². The first-order valence-electron chi connectivity index (χ1n) is 1.56. The molecule has 2 nitrogen and oxygen atoms in total. The van der Waals surface area contributed by atoms with Crippen LogP contribution < -0.4 is 0 Å². The van der Waals surface area contributed by atoms with Crippen LogP contribution in [0.15, 0.2) is 0 Å². The molecule has 0 unspecified atom stereocenters. The summed E-state index contributed by atoms with van der Waals surface area (Å²) in [6, 6.07) is 0. The maximum absolute atomic E-state index is 5.30. The number of rotatable bonds is 0. The largest absolute Gasteiger partial charge is 0.443 e. The third kappa shape index (κ3) is 1.01. The summed E-state index contributed by atoms with van der Waals surface area (Å²) in [5, 5.41) is 0. The molecule has 6 heavy (non-hydrogen) atoms. The molecule has 0 aromatic rings. The first-order chi connectivity index (χ1) is 2.89. The van der Waals surface area contributed by atoms with E-state index in [4.69, 9.17) is 19.0 Å². The second-order valence-electron chi connectivity index (χ2n) is 0.838. The molecule has 0 amide bonds. The van der Waals surface area contributed by atoms with Crippen LogP contribution in [-0.2, 0) is 19.0 Å². The van der Waals surface area contributed by atoms with E-state index in [0.29, 0.717) is 13.2 Å². The maximum Gasteiger partial charge on any atom is 0.443 e. The van der Waals surface area contributed by atoms with E-state index in [1.165, 1.54) is 0 Å². The van der Waals surface area contributed by atoms with Crippen molar-refractivity contribution in [3.63, 3.8) is 0 Å². The topological polar surface area (TPSA) is 18.5 Å². The third-order valence-electron chi connectivity index (χ3n) is 0.435. The monoisotopic (exact) mass is 127 g/mol. The number of hydrogen-bond donors (Lipinski definition) is 0. The highest BCUT2D eigenvalue weighted by atomic mass is 35.7. The fraction of sp³-hybridized carbons (Fsp3) is 1.00. The Hall–Kier alpha value is 0.560. The van der Waals surface area contributed by atoms with Crippen molar-refractivity contribution in [3.8, 4) is 0 Å².